The molecule has 2 aromatic rings. The average Bonchev–Trinajstić information content (AvgIpc) is 2.75. The molecule has 7 heteroatoms. The molecule has 1 fully saturated rings. The molecule has 0 unspecified atom stereocenters. The van der Waals surface area contributed by atoms with Gasteiger partial charge in [0, 0.05) is 38.3 Å². The van der Waals surface area contributed by atoms with E-state index in [0.29, 0.717) is 36.0 Å². The molecule has 0 atom stereocenters. The summed E-state index contributed by atoms with van der Waals surface area (Å²) >= 11 is 6.09. The van der Waals surface area contributed by atoms with Gasteiger partial charge in [-0.15, -0.1) is 0 Å². The van der Waals surface area contributed by atoms with Crippen LogP contribution >= 0.6 is 11.6 Å². The lowest BCUT2D eigenvalue weighted by Gasteiger charge is -2.34. The molecule has 30 heavy (non-hydrogen) atoms. The van der Waals surface area contributed by atoms with Gasteiger partial charge in [-0.2, -0.15) is 0 Å². The van der Waals surface area contributed by atoms with Gasteiger partial charge in [-0.25, -0.2) is 0 Å². The smallest absolute Gasteiger partial charge is 0.251 e. The van der Waals surface area contributed by atoms with Crippen molar-refractivity contribution in [3.05, 3.63) is 64.2 Å². The molecule has 0 aliphatic carbocycles. The minimum absolute atomic E-state index is 0.0153. The zero-order valence-corrected chi connectivity index (χ0v) is 18.2. The van der Waals surface area contributed by atoms with E-state index < -0.39 is 0 Å². The first-order valence-electron chi connectivity index (χ1n) is 10.2. The fraction of sp³-hybridized carbons (Fsp3) is 0.391. The first-order valence-corrected chi connectivity index (χ1v) is 10.5. The number of carbonyl (C=O) groups is 2. The standard InChI is InChI=1S/C23H28ClN3O3/c1-17-7-8-19(15-18(17)2)23(29)25-16-22(28)27-11-9-26(10-12-27)13-14-30-21-6-4-3-5-20(21)24/h3-8,15H,9-14,16H2,1-2H3,(H,25,29). The predicted octanol–water partition coefficient (Wildman–Crippen LogP) is 2.91. The molecule has 1 N–H and O–H groups in total. The molecule has 2 amide bonds. The van der Waals surface area contributed by atoms with Crippen LogP contribution in [-0.4, -0.2) is 67.5 Å². The summed E-state index contributed by atoms with van der Waals surface area (Å²) in [7, 11) is 0. The fourth-order valence-corrected chi connectivity index (χ4v) is 3.51. The van der Waals surface area contributed by atoms with Crippen molar-refractivity contribution in [3.8, 4) is 5.75 Å². The highest BCUT2D eigenvalue weighted by Crippen LogP contribution is 2.22. The first-order chi connectivity index (χ1) is 14.4. The molecule has 2 aromatic carbocycles. The molecule has 0 saturated carbocycles. The van der Waals surface area contributed by atoms with Gasteiger partial charge in [0.05, 0.1) is 11.6 Å². The number of nitrogens with one attached hydrogen (secondary N) is 1. The molecule has 6 nitrogen and oxygen atoms in total. The van der Waals surface area contributed by atoms with Gasteiger partial charge in [0.1, 0.15) is 12.4 Å². The maximum atomic E-state index is 12.5. The highest BCUT2D eigenvalue weighted by atomic mass is 35.5. The first kappa shape index (κ1) is 22.1. The highest BCUT2D eigenvalue weighted by molar-refractivity contribution is 6.32. The highest BCUT2D eigenvalue weighted by Gasteiger charge is 2.21. The molecule has 0 spiro atoms. The Morgan fingerprint density at radius 2 is 1.77 bits per heavy atom. The molecular weight excluding hydrogens is 402 g/mol. The van der Waals surface area contributed by atoms with E-state index >= 15 is 0 Å². The van der Waals surface area contributed by atoms with Crippen LogP contribution in [0.5, 0.6) is 5.75 Å². The zero-order chi connectivity index (χ0) is 21.5. The lowest BCUT2D eigenvalue weighted by Crippen LogP contribution is -2.51. The third-order valence-electron chi connectivity index (χ3n) is 5.40. The maximum absolute atomic E-state index is 12.5. The normalized spacial score (nSPS) is 14.4. The van der Waals surface area contributed by atoms with Crippen LogP contribution < -0.4 is 10.1 Å². The molecule has 0 bridgehead atoms. The van der Waals surface area contributed by atoms with Crippen LogP contribution in [0.25, 0.3) is 0 Å². The summed E-state index contributed by atoms with van der Waals surface area (Å²) in [5.74, 6) is 0.411. The van der Waals surface area contributed by atoms with E-state index in [0.717, 1.165) is 30.8 Å². The van der Waals surface area contributed by atoms with Crippen molar-refractivity contribution in [3.63, 3.8) is 0 Å². The molecule has 0 aromatic heterocycles. The number of piperazine rings is 1. The number of ether oxygens (including phenoxy) is 1. The number of rotatable bonds is 7. The van der Waals surface area contributed by atoms with Gasteiger partial charge in [0.25, 0.3) is 5.91 Å². The lowest BCUT2D eigenvalue weighted by atomic mass is 10.1. The van der Waals surface area contributed by atoms with Crippen LogP contribution in [0.15, 0.2) is 42.5 Å². The summed E-state index contributed by atoms with van der Waals surface area (Å²) in [6.07, 6.45) is 0. The summed E-state index contributed by atoms with van der Waals surface area (Å²) in [4.78, 5) is 28.8. The Balaban J connectivity index is 1.37. The topological polar surface area (TPSA) is 61.9 Å². The van der Waals surface area contributed by atoms with E-state index in [9.17, 15) is 9.59 Å². The van der Waals surface area contributed by atoms with Crippen LogP contribution in [0, 0.1) is 13.8 Å². The molecule has 1 heterocycles. The minimum Gasteiger partial charge on any atom is -0.491 e. The molecule has 1 saturated heterocycles. The zero-order valence-electron chi connectivity index (χ0n) is 17.5. The van der Waals surface area contributed by atoms with Crippen molar-refractivity contribution >= 4 is 23.4 Å². The van der Waals surface area contributed by atoms with E-state index in [1.165, 1.54) is 0 Å². The van der Waals surface area contributed by atoms with E-state index in [-0.39, 0.29) is 18.4 Å². The van der Waals surface area contributed by atoms with Crippen LogP contribution in [-0.2, 0) is 4.79 Å². The van der Waals surface area contributed by atoms with Gasteiger partial charge in [0.2, 0.25) is 5.91 Å². The van der Waals surface area contributed by atoms with Crippen LogP contribution in [0.2, 0.25) is 5.02 Å². The van der Waals surface area contributed by atoms with Crippen LogP contribution in [0.3, 0.4) is 0 Å². The van der Waals surface area contributed by atoms with E-state index in [1.54, 1.807) is 17.0 Å². The van der Waals surface area contributed by atoms with E-state index in [1.807, 2.05) is 44.2 Å². The number of hydrogen-bond acceptors (Lipinski definition) is 4. The molecule has 1 aliphatic rings. The molecule has 1 aliphatic heterocycles. The third kappa shape index (κ3) is 5.97. The Kier molecular flexibility index (Phi) is 7.71. The number of para-hydroxylation sites is 1. The van der Waals surface area contributed by atoms with Gasteiger partial charge in [0.15, 0.2) is 0 Å². The number of benzene rings is 2. The third-order valence-corrected chi connectivity index (χ3v) is 5.71. The number of hydrogen-bond donors (Lipinski definition) is 1. The van der Waals surface area contributed by atoms with Crippen molar-refractivity contribution in [2.24, 2.45) is 0 Å². The largest absolute Gasteiger partial charge is 0.491 e. The second kappa shape index (κ2) is 10.5. The monoisotopic (exact) mass is 429 g/mol. The summed E-state index contributed by atoms with van der Waals surface area (Å²) in [6.45, 7) is 8.15. The Hall–Kier alpha value is -2.57. The predicted molar refractivity (Wildman–Crippen MR) is 118 cm³/mol. The number of amides is 2. The van der Waals surface area contributed by atoms with Gasteiger partial charge >= 0.3 is 0 Å². The molecular formula is C23H28ClN3O3. The van der Waals surface area contributed by atoms with Crippen molar-refractivity contribution in [2.45, 2.75) is 13.8 Å². The Morgan fingerprint density at radius 3 is 2.47 bits per heavy atom. The van der Waals surface area contributed by atoms with Gasteiger partial charge in [-0.3, -0.25) is 14.5 Å². The Labute approximate surface area is 182 Å². The second-order valence-electron chi connectivity index (χ2n) is 7.48. The van der Waals surface area contributed by atoms with Gasteiger partial charge < -0.3 is 15.0 Å². The number of halogens is 1. The summed E-state index contributed by atoms with van der Waals surface area (Å²) in [5, 5.41) is 3.34. The second-order valence-corrected chi connectivity index (χ2v) is 7.89. The fourth-order valence-electron chi connectivity index (χ4n) is 3.32. The van der Waals surface area contributed by atoms with Gasteiger partial charge in [-0.05, 0) is 49.2 Å². The number of carbonyl (C=O) groups excluding carboxylic acids is 2. The molecule has 3 rings (SSSR count). The van der Waals surface area contributed by atoms with Crippen molar-refractivity contribution in [1.82, 2.24) is 15.1 Å². The van der Waals surface area contributed by atoms with Gasteiger partial charge in [-0.1, -0.05) is 29.8 Å². The lowest BCUT2D eigenvalue weighted by molar-refractivity contribution is -0.131. The summed E-state index contributed by atoms with van der Waals surface area (Å²) in [5.41, 5.74) is 2.77. The molecule has 0 radical (unpaired) electrons. The minimum atomic E-state index is -0.221. The van der Waals surface area contributed by atoms with E-state index in [4.69, 9.17) is 16.3 Å². The maximum Gasteiger partial charge on any atom is 0.251 e. The number of nitrogens with zero attached hydrogens (tertiary/aromatic N) is 2. The van der Waals surface area contributed by atoms with Crippen molar-refractivity contribution in [2.75, 3.05) is 45.9 Å². The quantitative estimate of drug-likeness (QED) is 0.735. The van der Waals surface area contributed by atoms with Crippen molar-refractivity contribution in [1.29, 1.82) is 0 Å². The van der Waals surface area contributed by atoms with Crippen LogP contribution in [0.1, 0.15) is 21.5 Å². The Bertz CT molecular complexity index is 895. The van der Waals surface area contributed by atoms with Crippen LogP contribution in [0.4, 0.5) is 0 Å². The number of aryl methyl sites for hydroxylation is 2. The summed E-state index contributed by atoms with van der Waals surface area (Å²) in [6, 6.07) is 13.0. The average molecular weight is 430 g/mol. The van der Waals surface area contributed by atoms with E-state index in [2.05, 4.69) is 10.2 Å². The summed E-state index contributed by atoms with van der Waals surface area (Å²) < 4.78 is 5.73. The molecule has 160 valence electrons. The Morgan fingerprint density at radius 1 is 1.03 bits per heavy atom. The SMILES string of the molecule is Cc1ccc(C(=O)NCC(=O)N2CCN(CCOc3ccccc3Cl)CC2)cc1C. The van der Waals surface area contributed by atoms with Crippen molar-refractivity contribution < 1.29 is 14.3 Å².